The van der Waals surface area contributed by atoms with Gasteiger partial charge in [0, 0.05) is 36.1 Å². The molecule has 182 valence electrons. The second-order valence-corrected chi connectivity index (χ2v) is 11.0. The molecule has 0 radical (unpaired) electrons. The van der Waals surface area contributed by atoms with E-state index in [1.165, 1.54) is 31.6 Å². The number of aryl methyl sites for hydroxylation is 2. The van der Waals surface area contributed by atoms with E-state index >= 15 is 4.39 Å². The average Bonchev–Trinajstić information content (AvgIpc) is 3.25. The third-order valence-electron chi connectivity index (χ3n) is 5.77. The molecule has 0 aliphatic heterocycles. The van der Waals surface area contributed by atoms with Gasteiger partial charge in [0.1, 0.15) is 5.69 Å². The number of aromatic amines is 1. The van der Waals surface area contributed by atoms with Crippen LogP contribution in [0.1, 0.15) is 34.1 Å². The summed E-state index contributed by atoms with van der Waals surface area (Å²) in [4.78, 5) is 16.2. The fourth-order valence-electron chi connectivity index (χ4n) is 4.08. The molecule has 0 spiro atoms. The number of fused-ring (bicyclic) bond motifs is 1. The van der Waals surface area contributed by atoms with Crippen LogP contribution >= 0.6 is 19.0 Å². The van der Waals surface area contributed by atoms with Crippen molar-refractivity contribution in [1.29, 1.82) is 0 Å². The van der Waals surface area contributed by atoms with Crippen LogP contribution in [0, 0.1) is 17.9 Å². The van der Waals surface area contributed by atoms with Gasteiger partial charge < -0.3 is 20.0 Å². The Hall–Kier alpha value is -3.19. The third-order valence-corrected chi connectivity index (χ3v) is 8.55. The highest BCUT2D eigenvalue weighted by molar-refractivity contribution is 7.75. The Kier molecular flexibility index (Phi) is 6.99. The summed E-state index contributed by atoms with van der Waals surface area (Å²) >= 11 is 6.06. The molecule has 4 aromatic rings. The highest BCUT2D eigenvalue weighted by Crippen LogP contribution is 2.48. The standard InChI is InChI=1S/C25H24ClFN3O4P/c1-4-16-10-15(2)11-18(12-16)35(33,34-3)24-21-20(8-7-19(26)22(21)27)29-23(24)25(31)28-13-17-6-5-9-30(32)14-17/h5-12,14,29H,4,13H2,1-3H3,(H,28,31). The topological polar surface area (TPSA) is 98.1 Å². The Balaban J connectivity index is 1.90. The summed E-state index contributed by atoms with van der Waals surface area (Å²) in [6.07, 6.45) is 3.34. The van der Waals surface area contributed by atoms with Crippen LogP contribution in [0.4, 0.5) is 4.39 Å². The molecule has 35 heavy (non-hydrogen) atoms. The SMILES string of the molecule is CCc1cc(C)cc(P(=O)(OC)c2c(C(=O)NCc3ccc[n+]([O-])c3)[nH]c3ccc(Cl)c(F)c23)c1. The molecule has 0 aliphatic carbocycles. The molecule has 2 heterocycles. The lowest BCUT2D eigenvalue weighted by Crippen LogP contribution is -2.31. The first-order valence-corrected chi connectivity index (χ1v) is 12.9. The van der Waals surface area contributed by atoms with Gasteiger partial charge in [-0.05, 0) is 49.2 Å². The lowest BCUT2D eigenvalue weighted by molar-refractivity contribution is -0.605. The number of H-pyrrole nitrogens is 1. The Morgan fingerprint density at radius 3 is 2.71 bits per heavy atom. The second-order valence-electron chi connectivity index (χ2n) is 8.15. The number of rotatable bonds is 7. The Morgan fingerprint density at radius 1 is 1.26 bits per heavy atom. The number of nitrogens with zero attached hydrogens (tertiary/aromatic N) is 1. The van der Waals surface area contributed by atoms with Crippen LogP contribution in [0.2, 0.25) is 5.02 Å². The zero-order valence-electron chi connectivity index (χ0n) is 19.4. The summed E-state index contributed by atoms with van der Waals surface area (Å²) in [5, 5.41) is 14.3. The number of carbonyl (C=O) groups is 1. The number of amides is 1. The number of hydrogen-bond acceptors (Lipinski definition) is 4. The van der Waals surface area contributed by atoms with Crippen LogP contribution in [0.3, 0.4) is 0 Å². The Labute approximate surface area is 206 Å². The van der Waals surface area contributed by atoms with E-state index in [0.29, 0.717) is 22.0 Å². The van der Waals surface area contributed by atoms with Crippen molar-refractivity contribution in [1.82, 2.24) is 10.3 Å². The molecule has 1 amide bonds. The molecule has 2 aromatic heterocycles. The number of carbonyl (C=O) groups excluding carboxylic acids is 1. The zero-order valence-corrected chi connectivity index (χ0v) is 21.0. The van der Waals surface area contributed by atoms with Crippen molar-refractivity contribution >= 4 is 46.4 Å². The Bertz CT molecular complexity index is 1490. The summed E-state index contributed by atoms with van der Waals surface area (Å²) in [5.41, 5.74) is 2.50. The molecule has 10 heteroatoms. The average molecular weight is 516 g/mol. The zero-order chi connectivity index (χ0) is 25.3. The van der Waals surface area contributed by atoms with E-state index in [0.717, 1.165) is 11.1 Å². The molecule has 0 bridgehead atoms. The second kappa shape index (κ2) is 9.82. The van der Waals surface area contributed by atoms with Crippen LogP contribution in [-0.2, 0) is 22.1 Å². The van der Waals surface area contributed by atoms with Crippen molar-refractivity contribution in [2.24, 2.45) is 0 Å². The predicted octanol–water partition coefficient (Wildman–Crippen LogP) is 4.27. The van der Waals surface area contributed by atoms with Gasteiger partial charge in [0.15, 0.2) is 18.2 Å². The largest absolute Gasteiger partial charge is 0.619 e. The van der Waals surface area contributed by atoms with E-state index in [4.69, 9.17) is 16.1 Å². The number of halogens is 2. The molecule has 1 unspecified atom stereocenters. The maximum absolute atomic E-state index is 15.3. The summed E-state index contributed by atoms with van der Waals surface area (Å²) in [5.74, 6) is -1.43. The van der Waals surface area contributed by atoms with Crippen molar-refractivity contribution in [3.05, 3.63) is 93.3 Å². The molecular weight excluding hydrogens is 492 g/mol. The molecule has 7 nitrogen and oxygen atoms in total. The number of nitrogens with one attached hydrogen (secondary N) is 2. The minimum Gasteiger partial charge on any atom is -0.619 e. The first-order valence-electron chi connectivity index (χ1n) is 10.9. The molecule has 2 N–H and O–H groups in total. The van der Waals surface area contributed by atoms with Crippen LogP contribution < -0.4 is 20.7 Å². The lowest BCUT2D eigenvalue weighted by Gasteiger charge is -2.20. The monoisotopic (exact) mass is 515 g/mol. The van der Waals surface area contributed by atoms with Crippen LogP contribution in [0.5, 0.6) is 0 Å². The summed E-state index contributed by atoms with van der Waals surface area (Å²) in [6, 6.07) is 11.5. The molecule has 0 saturated heterocycles. The van der Waals surface area contributed by atoms with E-state index in [-0.39, 0.29) is 33.5 Å². The number of hydrogen-bond donors (Lipinski definition) is 2. The van der Waals surface area contributed by atoms with Gasteiger partial charge in [-0.2, -0.15) is 4.73 Å². The first-order chi connectivity index (χ1) is 16.7. The predicted molar refractivity (Wildman–Crippen MR) is 134 cm³/mol. The van der Waals surface area contributed by atoms with Crippen molar-refractivity contribution in [3.8, 4) is 0 Å². The van der Waals surface area contributed by atoms with Gasteiger partial charge in [0.25, 0.3) is 13.3 Å². The van der Waals surface area contributed by atoms with Crippen molar-refractivity contribution in [2.75, 3.05) is 7.11 Å². The summed E-state index contributed by atoms with van der Waals surface area (Å²) < 4.78 is 36.1. The molecule has 0 fully saturated rings. The molecule has 4 rings (SSSR count). The van der Waals surface area contributed by atoms with Crippen molar-refractivity contribution in [2.45, 2.75) is 26.8 Å². The van der Waals surface area contributed by atoms with Crippen LogP contribution in [0.15, 0.2) is 54.9 Å². The van der Waals surface area contributed by atoms with Gasteiger partial charge in [-0.3, -0.25) is 9.36 Å². The van der Waals surface area contributed by atoms with Gasteiger partial charge in [-0.1, -0.05) is 30.2 Å². The lowest BCUT2D eigenvalue weighted by atomic mass is 10.1. The van der Waals surface area contributed by atoms with Crippen LogP contribution in [0.25, 0.3) is 10.9 Å². The smallest absolute Gasteiger partial charge is 0.268 e. The third kappa shape index (κ3) is 4.69. The van der Waals surface area contributed by atoms with E-state index in [9.17, 15) is 14.6 Å². The molecule has 1 atom stereocenters. The van der Waals surface area contributed by atoms with E-state index < -0.39 is 19.1 Å². The number of aromatic nitrogens is 2. The number of pyridine rings is 1. The minimum atomic E-state index is -3.96. The highest BCUT2D eigenvalue weighted by atomic mass is 35.5. The molecule has 0 aliphatic rings. The van der Waals surface area contributed by atoms with Gasteiger partial charge in [0.2, 0.25) is 0 Å². The van der Waals surface area contributed by atoms with Gasteiger partial charge in [0.05, 0.1) is 15.7 Å². The summed E-state index contributed by atoms with van der Waals surface area (Å²) in [6.45, 7) is 3.86. The van der Waals surface area contributed by atoms with Crippen molar-refractivity contribution in [3.63, 3.8) is 0 Å². The van der Waals surface area contributed by atoms with E-state index in [1.807, 2.05) is 19.9 Å². The van der Waals surface area contributed by atoms with E-state index in [1.54, 1.807) is 24.3 Å². The highest BCUT2D eigenvalue weighted by Gasteiger charge is 2.37. The first kappa shape index (κ1) is 24.9. The maximum Gasteiger partial charge on any atom is 0.268 e. The van der Waals surface area contributed by atoms with Crippen LogP contribution in [-0.4, -0.2) is 18.0 Å². The van der Waals surface area contributed by atoms with Gasteiger partial charge in [-0.15, -0.1) is 0 Å². The molecule has 2 aromatic carbocycles. The fourth-order valence-corrected chi connectivity index (χ4v) is 6.56. The normalized spacial score (nSPS) is 13.1. The van der Waals surface area contributed by atoms with Gasteiger partial charge in [-0.25, -0.2) is 4.39 Å². The Morgan fingerprint density at radius 2 is 2.03 bits per heavy atom. The fraction of sp³-hybridized carbons (Fsp3) is 0.200. The number of benzene rings is 2. The van der Waals surface area contributed by atoms with Gasteiger partial charge >= 0.3 is 0 Å². The van der Waals surface area contributed by atoms with Crippen molar-refractivity contribution < 1.29 is 23.0 Å². The van der Waals surface area contributed by atoms with E-state index in [2.05, 4.69) is 10.3 Å². The quantitative estimate of drug-likeness (QED) is 0.218. The minimum absolute atomic E-state index is 0.0294. The molecule has 0 saturated carbocycles. The summed E-state index contributed by atoms with van der Waals surface area (Å²) in [7, 11) is -2.68. The maximum atomic E-state index is 15.3. The molecular formula is C25H24ClFN3O4P.